The minimum absolute atomic E-state index is 0.0161. The first-order chi connectivity index (χ1) is 13.0. The second-order valence-corrected chi connectivity index (χ2v) is 6.05. The standard InChI is InChI=1S/C18H17N7O2/c1-10-13(18-20-6-7-27-18)24-16(19)15(23-10)17(26)21-8-11-4-3-5-12-14(11)22-9-25(12)2/h3-7,9H,8H2,1-2H3,(H2,19,24)(H,21,26). The zero-order chi connectivity index (χ0) is 19.0. The number of para-hydroxylation sites is 1. The average molecular weight is 363 g/mol. The highest BCUT2D eigenvalue weighted by atomic mass is 16.3. The fourth-order valence-electron chi connectivity index (χ4n) is 2.86. The normalized spacial score (nSPS) is 11.0. The summed E-state index contributed by atoms with van der Waals surface area (Å²) in [6.45, 7) is 2.02. The minimum atomic E-state index is -0.407. The van der Waals surface area contributed by atoms with Gasteiger partial charge in [0.25, 0.3) is 5.91 Å². The van der Waals surface area contributed by atoms with Crippen molar-refractivity contribution in [3.8, 4) is 11.6 Å². The van der Waals surface area contributed by atoms with Gasteiger partial charge in [-0.1, -0.05) is 12.1 Å². The van der Waals surface area contributed by atoms with Crippen molar-refractivity contribution in [2.45, 2.75) is 13.5 Å². The maximum Gasteiger partial charge on any atom is 0.273 e. The molecule has 0 aliphatic carbocycles. The van der Waals surface area contributed by atoms with Gasteiger partial charge < -0.3 is 20.0 Å². The molecule has 9 heteroatoms. The quantitative estimate of drug-likeness (QED) is 0.567. The first-order valence-corrected chi connectivity index (χ1v) is 8.25. The van der Waals surface area contributed by atoms with Gasteiger partial charge in [0.05, 0.1) is 29.3 Å². The van der Waals surface area contributed by atoms with Gasteiger partial charge in [0, 0.05) is 13.6 Å². The Morgan fingerprint density at radius 2 is 2.15 bits per heavy atom. The van der Waals surface area contributed by atoms with Gasteiger partial charge in [0.15, 0.2) is 11.5 Å². The number of benzene rings is 1. The van der Waals surface area contributed by atoms with Crippen LogP contribution in [0.4, 0.5) is 5.82 Å². The Bertz CT molecular complexity index is 1130. The van der Waals surface area contributed by atoms with E-state index in [0.717, 1.165) is 16.6 Å². The highest BCUT2D eigenvalue weighted by molar-refractivity contribution is 5.96. The molecule has 9 nitrogen and oxygen atoms in total. The van der Waals surface area contributed by atoms with Crippen molar-refractivity contribution in [1.29, 1.82) is 0 Å². The number of nitrogens with zero attached hydrogens (tertiary/aromatic N) is 5. The largest absolute Gasteiger partial charge is 0.443 e. The van der Waals surface area contributed by atoms with Crippen molar-refractivity contribution in [2.75, 3.05) is 5.73 Å². The van der Waals surface area contributed by atoms with E-state index in [1.165, 1.54) is 12.5 Å². The number of nitrogens with two attached hydrogens (primary N) is 1. The second-order valence-electron chi connectivity index (χ2n) is 6.05. The van der Waals surface area contributed by atoms with Crippen LogP contribution in [0.3, 0.4) is 0 Å². The van der Waals surface area contributed by atoms with Gasteiger partial charge in [-0.3, -0.25) is 4.79 Å². The van der Waals surface area contributed by atoms with Crippen molar-refractivity contribution in [1.82, 2.24) is 29.8 Å². The molecule has 0 bridgehead atoms. The molecule has 1 amide bonds. The fraction of sp³-hybridized carbons (Fsp3) is 0.167. The number of nitrogens with one attached hydrogen (secondary N) is 1. The molecule has 4 rings (SSSR count). The smallest absolute Gasteiger partial charge is 0.273 e. The molecule has 27 heavy (non-hydrogen) atoms. The average Bonchev–Trinajstić information content (AvgIpc) is 3.32. The number of fused-ring (bicyclic) bond motifs is 1. The van der Waals surface area contributed by atoms with E-state index in [1.54, 1.807) is 13.3 Å². The van der Waals surface area contributed by atoms with Crippen molar-refractivity contribution < 1.29 is 9.21 Å². The molecule has 0 saturated carbocycles. The molecule has 0 radical (unpaired) electrons. The number of anilines is 1. The van der Waals surface area contributed by atoms with E-state index < -0.39 is 5.91 Å². The van der Waals surface area contributed by atoms with Gasteiger partial charge in [0.1, 0.15) is 12.0 Å². The molecule has 0 saturated heterocycles. The van der Waals surface area contributed by atoms with Gasteiger partial charge in [-0.05, 0) is 18.6 Å². The first kappa shape index (κ1) is 16.7. The SMILES string of the molecule is Cc1nc(C(=O)NCc2cccc3c2ncn3C)c(N)nc1-c1ncco1. The molecule has 0 atom stereocenters. The Morgan fingerprint density at radius 3 is 2.93 bits per heavy atom. The monoisotopic (exact) mass is 363 g/mol. The Labute approximate surface area is 154 Å². The number of imidazole rings is 1. The van der Waals surface area contributed by atoms with E-state index in [0.29, 0.717) is 23.8 Å². The van der Waals surface area contributed by atoms with Crippen LogP contribution in [0.2, 0.25) is 0 Å². The Hall–Kier alpha value is -3.75. The third-order valence-corrected chi connectivity index (χ3v) is 4.22. The molecule has 0 spiro atoms. The van der Waals surface area contributed by atoms with Gasteiger partial charge >= 0.3 is 0 Å². The predicted molar refractivity (Wildman–Crippen MR) is 98.6 cm³/mol. The van der Waals surface area contributed by atoms with Crippen molar-refractivity contribution in [3.05, 3.63) is 53.9 Å². The number of rotatable bonds is 4. The summed E-state index contributed by atoms with van der Waals surface area (Å²) < 4.78 is 7.15. The predicted octanol–water partition coefficient (Wildman–Crippen LogP) is 1.84. The van der Waals surface area contributed by atoms with E-state index in [1.807, 2.05) is 29.8 Å². The van der Waals surface area contributed by atoms with Crippen molar-refractivity contribution in [3.63, 3.8) is 0 Å². The lowest BCUT2D eigenvalue weighted by atomic mass is 10.2. The fourth-order valence-corrected chi connectivity index (χ4v) is 2.86. The van der Waals surface area contributed by atoms with Crippen molar-refractivity contribution in [2.24, 2.45) is 7.05 Å². The van der Waals surface area contributed by atoms with Crippen LogP contribution in [0.25, 0.3) is 22.6 Å². The molecular weight excluding hydrogens is 346 g/mol. The van der Waals surface area contributed by atoms with Crippen LogP contribution in [0.5, 0.6) is 0 Å². The van der Waals surface area contributed by atoms with Crippen LogP contribution >= 0.6 is 0 Å². The summed E-state index contributed by atoms with van der Waals surface area (Å²) in [5.41, 5.74) is 9.66. The zero-order valence-electron chi connectivity index (χ0n) is 14.8. The van der Waals surface area contributed by atoms with Gasteiger partial charge in [-0.25, -0.2) is 19.9 Å². The van der Waals surface area contributed by atoms with Crippen LogP contribution in [0, 0.1) is 6.92 Å². The first-order valence-electron chi connectivity index (χ1n) is 8.25. The Balaban J connectivity index is 1.57. The summed E-state index contributed by atoms with van der Waals surface area (Å²) in [5.74, 6) is -0.0854. The van der Waals surface area contributed by atoms with Gasteiger partial charge in [0.2, 0.25) is 5.89 Å². The van der Waals surface area contributed by atoms with Crippen LogP contribution < -0.4 is 11.1 Å². The molecule has 0 fully saturated rings. The highest BCUT2D eigenvalue weighted by Gasteiger charge is 2.19. The number of nitrogen functional groups attached to an aromatic ring is 1. The molecule has 3 aromatic heterocycles. The van der Waals surface area contributed by atoms with Crippen LogP contribution in [0.15, 0.2) is 41.4 Å². The third kappa shape index (κ3) is 2.99. The second kappa shape index (κ2) is 6.52. The number of oxazole rings is 1. The molecule has 4 aromatic rings. The summed E-state index contributed by atoms with van der Waals surface area (Å²) in [7, 11) is 1.92. The number of aryl methyl sites for hydroxylation is 2. The van der Waals surface area contributed by atoms with Gasteiger partial charge in [-0.2, -0.15) is 0 Å². The highest BCUT2D eigenvalue weighted by Crippen LogP contribution is 2.21. The molecular formula is C18H17N7O2. The molecule has 3 N–H and O–H groups in total. The third-order valence-electron chi connectivity index (χ3n) is 4.22. The van der Waals surface area contributed by atoms with E-state index in [2.05, 4.69) is 25.3 Å². The number of carbonyl (C=O) groups is 1. The molecule has 0 aliphatic heterocycles. The lowest BCUT2D eigenvalue weighted by molar-refractivity contribution is 0.0946. The summed E-state index contributed by atoms with van der Waals surface area (Å²) in [6, 6.07) is 5.82. The van der Waals surface area contributed by atoms with E-state index >= 15 is 0 Å². The number of hydrogen-bond acceptors (Lipinski definition) is 7. The maximum atomic E-state index is 12.6. The van der Waals surface area contributed by atoms with E-state index in [-0.39, 0.29) is 11.5 Å². The topological polar surface area (TPSA) is 125 Å². The minimum Gasteiger partial charge on any atom is -0.443 e. The summed E-state index contributed by atoms with van der Waals surface area (Å²) in [6.07, 6.45) is 4.68. The number of hydrogen-bond donors (Lipinski definition) is 2. The van der Waals surface area contributed by atoms with Crippen LogP contribution in [-0.4, -0.2) is 30.4 Å². The molecule has 0 aliphatic rings. The van der Waals surface area contributed by atoms with Crippen LogP contribution in [-0.2, 0) is 13.6 Å². The Morgan fingerprint density at radius 1 is 1.30 bits per heavy atom. The zero-order valence-corrected chi connectivity index (χ0v) is 14.8. The summed E-state index contributed by atoms with van der Waals surface area (Å²) >= 11 is 0. The number of amides is 1. The lowest BCUT2D eigenvalue weighted by Crippen LogP contribution is -2.26. The summed E-state index contributed by atoms with van der Waals surface area (Å²) in [4.78, 5) is 29.5. The molecule has 0 unspecified atom stereocenters. The number of carbonyl (C=O) groups excluding carboxylic acids is 1. The molecule has 136 valence electrons. The van der Waals surface area contributed by atoms with Crippen LogP contribution in [0.1, 0.15) is 21.7 Å². The molecule has 1 aromatic carbocycles. The van der Waals surface area contributed by atoms with Crippen molar-refractivity contribution >= 4 is 22.8 Å². The lowest BCUT2D eigenvalue weighted by Gasteiger charge is -2.09. The Kier molecular flexibility index (Phi) is 4.03. The van der Waals surface area contributed by atoms with E-state index in [4.69, 9.17) is 10.2 Å². The molecule has 3 heterocycles. The van der Waals surface area contributed by atoms with Gasteiger partial charge in [-0.15, -0.1) is 0 Å². The summed E-state index contributed by atoms with van der Waals surface area (Å²) in [5, 5.41) is 2.83. The maximum absolute atomic E-state index is 12.6. The van der Waals surface area contributed by atoms with E-state index in [9.17, 15) is 4.79 Å². The number of aromatic nitrogens is 5.